The summed E-state index contributed by atoms with van der Waals surface area (Å²) in [6, 6.07) is 1.81. The largest absolute Gasteiger partial charge is 0.481 e. The molecule has 17 heavy (non-hydrogen) atoms. The zero-order valence-electron chi connectivity index (χ0n) is 10.6. The van der Waals surface area contributed by atoms with E-state index in [1.54, 1.807) is 20.3 Å². The maximum Gasteiger partial charge on any atom is 0.226 e. The second-order valence-electron chi connectivity index (χ2n) is 3.81. The number of aromatic nitrogens is 2. The fourth-order valence-corrected chi connectivity index (χ4v) is 1.39. The van der Waals surface area contributed by atoms with Crippen molar-refractivity contribution < 1.29 is 9.47 Å². The van der Waals surface area contributed by atoms with Crippen LogP contribution in [0.4, 0.5) is 5.95 Å². The van der Waals surface area contributed by atoms with E-state index in [9.17, 15) is 0 Å². The van der Waals surface area contributed by atoms with Gasteiger partial charge in [-0.25, -0.2) is 4.98 Å². The van der Waals surface area contributed by atoms with Crippen molar-refractivity contribution in [1.29, 1.82) is 0 Å². The van der Waals surface area contributed by atoms with Crippen LogP contribution in [0.25, 0.3) is 0 Å². The number of ether oxygens (including phenoxy) is 2. The van der Waals surface area contributed by atoms with E-state index in [0.29, 0.717) is 25.0 Å². The molecule has 0 fully saturated rings. The van der Waals surface area contributed by atoms with E-state index in [4.69, 9.17) is 15.2 Å². The summed E-state index contributed by atoms with van der Waals surface area (Å²) >= 11 is 0. The molecular weight excluding hydrogens is 220 g/mol. The van der Waals surface area contributed by atoms with Crippen molar-refractivity contribution in [2.75, 3.05) is 32.7 Å². The molecule has 6 nitrogen and oxygen atoms in total. The first-order valence-corrected chi connectivity index (χ1v) is 5.53. The molecular formula is C11H20N4O2. The Kier molecular flexibility index (Phi) is 5.65. The highest BCUT2D eigenvalue weighted by Crippen LogP contribution is 2.10. The van der Waals surface area contributed by atoms with Crippen LogP contribution in [0, 0.1) is 6.92 Å². The summed E-state index contributed by atoms with van der Waals surface area (Å²) in [5.41, 5.74) is 6.67. The molecule has 0 bridgehead atoms. The van der Waals surface area contributed by atoms with Gasteiger partial charge in [0.25, 0.3) is 0 Å². The first-order chi connectivity index (χ1) is 8.15. The Morgan fingerprint density at radius 1 is 1.41 bits per heavy atom. The zero-order chi connectivity index (χ0) is 12.7. The van der Waals surface area contributed by atoms with Gasteiger partial charge in [0.1, 0.15) is 0 Å². The third kappa shape index (κ3) is 4.97. The summed E-state index contributed by atoms with van der Waals surface area (Å²) in [5, 5.41) is 3.11. The minimum atomic E-state index is 0.0270. The normalized spacial score (nSPS) is 12.2. The molecule has 96 valence electrons. The van der Waals surface area contributed by atoms with Crippen molar-refractivity contribution in [3.05, 3.63) is 11.8 Å². The fourth-order valence-electron chi connectivity index (χ4n) is 1.39. The number of hydrogen-bond donors (Lipinski definition) is 2. The Hall–Kier alpha value is -1.40. The molecule has 6 heteroatoms. The standard InChI is InChI=1S/C11H20N4O2/c1-8-6-10(17-3)15-11(14-8)13-5-4-9(12)7-16-2/h6,9H,4-5,7,12H2,1-3H3,(H,13,14,15). The van der Waals surface area contributed by atoms with Crippen LogP contribution in [0.15, 0.2) is 6.07 Å². The maximum atomic E-state index is 5.80. The molecule has 0 amide bonds. The van der Waals surface area contributed by atoms with E-state index >= 15 is 0 Å². The number of hydrogen-bond acceptors (Lipinski definition) is 6. The van der Waals surface area contributed by atoms with Gasteiger partial charge < -0.3 is 20.5 Å². The van der Waals surface area contributed by atoms with Crippen LogP contribution in [0.3, 0.4) is 0 Å². The predicted molar refractivity (Wildman–Crippen MR) is 66.3 cm³/mol. The van der Waals surface area contributed by atoms with Gasteiger partial charge in [-0.05, 0) is 13.3 Å². The fraction of sp³-hybridized carbons (Fsp3) is 0.636. The molecule has 0 saturated heterocycles. The number of anilines is 1. The lowest BCUT2D eigenvalue weighted by molar-refractivity contribution is 0.178. The molecule has 0 aliphatic carbocycles. The van der Waals surface area contributed by atoms with Gasteiger partial charge in [-0.15, -0.1) is 0 Å². The number of nitrogens with two attached hydrogens (primary N) is 1. The van der Waals surface area contributed by atoms with Crippen molar-refractivity contribution in [1.82, 2.24) is 9.97 Å². The van der Waals surface area contributed by atoms with Crippen LogP contribution < -0.4 is 15.8 Å². The quantitative estimate of drug-likeness (QED) is 0.725. The van der Waals surface area contributed by atoms with E-state index in [2.05, 4.69) is 15.3 Å². The second kappa shape index (κ2) is 7.03. The molecule has 0 spiro atoms. The van der Waals surface area contributed by atoms with Gasteiger partial charge >= 0.3 is 0 Å². The summed E-state index contributed by atoms with van der Waals surface area (Å²) in [6.45, 7) is 3.16. The molecule has 0 aliphatic rings. The Balaban J connectivity index is 2.43. The third-order valence-corrected chi connectivity index (χ3v) is 2.22. The van der Waals surface area contributed by atoms with Crippen LogP contribution >= 0.6 is 0 Å². The third-order valence-electron chi connectivity index (χ3n) is 2.22. The minimum Gasteiger partial charge on any atom is -0.481 e. The average molecular weight is 240 g/mol. The van der Waals surface area contributed by atoms with Crippen LogP contribution in [-0.4, -0.2) is 43.4 Å². The molecule has 1 heterocycles. The van der Waals surface area contributed by atoms with Gasteiger partial charge in [0.05, 0.1) is 13.7 Å². The highest BCUT2D eigenvalue weighted by molar-refractivity contribution is 5.30. The zero-order valence-corrected chi connectivity index (χ0v) is 10.6. The highest BCUT2D eigenvalue weighted by atomic mass is 16.5. The summed E-state index contributed by atoms with van der Waals surface area (Å²) in [4.78, 5) is 8.43. The highest BCUT2D eigenvalue weighted by Gasteiger charge is 2.04. The molecule has 1 aromatic heterocycles. The van der Waals surface area contributed by atoms with Gasteiger partial charge in [-0.1, -0.05) is 0 Å². The van der Waals surface area contributed by atoms with Crippen molar-refractivity contribution in [2.24, 2.45) is 5.73 Å². The number of methoxy groups -OCH3 is 2. The van der Waals surface area contributed by atoms with Crippen LogP contribution in [0.2, 0.25) is 0 Å². The van der Waals surface area contributed by atoms with E-state index in [1.807, 2.05) is 6.92 Å². The average Bonchev–Trinajstić information content (AvgIpc) is 2.28. The van der Waals surface area contributed by atoms with Crippen molar-refractivity contribution in [2.45, 2.75) is 19.4 Å². The molecule has 0 aliphatic heterocycles. The first-order valence-electron chi connectivity index (χ1n) is 5.53. The van der Waals surface area contributed by atoms with Crippen molar-refractivity contribution in [3.63, 3.8) is 0 Å². The monoisotopic (exact) mass is 240 g/mol. The smallest absolute Gasteiger partial charge is 0.226 e. The van der Waals surface area contributed by atoms with Gasteiger partial charge in [-0.3, -0.25) is 0 Å². The molecule has 0 radical (unpaired) electrons. The van der Waals surface area contributed by atoms with E-state index in [0.717, 1.165) is 12.1 Å². The van der Waals surface area contributed by atoms with Crippen LogP contribution in [0.1, 0.15) is 12.1 Å². The Labute approximate surface area is 102 Å². The molecule has 1 unspecified atom stereocenters. The number of nitrogens with one attached hydrogen (secondary N) is 1. The molecule has 1 atom stereocenters. The van der Waals surface area contributed by atoms with Crippen LogP contribution in [0.5, 0.6) is 5.88 Å². The van der Waals surface area contributed by atoms with E-state index < -0.39 is 0 Å². The molecule has 0 saturated carbocycles. The minimum absolute atomic E-state index is 0.0270. The van der Waals surface area contributed by atoms with E-state index in [-0.39, 0.29) is 6.04 Å². The van der Waals surface area contributed by atoms with Crippen LogP contribution in [-0.2, 0) is 4.74 Å². The number of aryl methyl sites for hydroxylation is 1. The maximum absolute atomic E-state index is 5.80. The lowest BCUT2D eigenvalue weighted by Gasteiger charge is -2.11. The SMILES string of the molecule is COCC(N)CCNc1nc(C)cc(OC)n1. The lowest BCUT2D eigenvalue weighted by atomic mass is 10.2. The molecule has 3 N–H and O–H groups in total. The lowest BCUT2D eigenvalue weighted by Crippen LogP contribution is -2.28. The van der Waals surface area contributed by atoms with Crippen molar-refractivity contribution >= 4 is 5.95 Å². The Morgan fingerprint density at radius 2 is 2.18 bits per heavy atom. The Morgan fingerprint density at radius 3 is 2.82 bits per heavy atom. The summed E-state index contributed by atoms with van der Waals surface area (Å²) < 4.78 is 10.0. The predicted octanol–water partition coefficient (Wildman–Crippen LogP) is 0.569. The molecule has 1 aromatic rings. The summed E-state index contributed by atoms with van der Waals surface area (Å²) in [5.74, 6) is 1.12. The van der Waals surface area contributed by atoms with Gasteiger partial charge in [0.2, 0.25) is 11.8 Å². The second-order valence-corrected chi connectivity index (χ2v) is 3.81. The van der Waals surface area contributed by atoms with Gasteiger partial charge in [-0.2, -0.15) is 4.98 Å². The van der Waals surface area contributed by atoms with Crippen molar-refractivity contribution in [3.8, 4) is 5.88 Å². The summed E-state index contributed by atoms with van der Waals surface area (Å²) in [6.07, 6.45) is 0.799. The van der Waals surface area contributed by atoms with E-state index in [1.165, 1.54) is 0 Å². The molecule has 0 aromatic carbocycles. The number of nitrogens with zero attached hydrogens (tertiary/aromatic N) is 2. The molecule has 1 rings (SSSR count). The van der Waals surface area contributed by atoms with Gasteiger partial charge in [0.15, 0.2) is 0 Å². The Bertz CT molecular complexity index is 346. The topological polar surface area (TPSA) is 82.3 Å². The first kappa shape index (κ1) is 13.7. The van der Waals surface area contributed by atoms with Gasteiger partial charge in [0, 0.05) is 31.5 Å². The summed E-state index contributed by atoms with van der Waals surface area (Å²) in [7, 11) is 3.22. The number of rotatable bonds is 7.